The SMILES string of the molecule is COc1cc(N2CCOCC2)ccc1Nc1cc2c(ccn2S(=O)(=O)c2cccc3cccnc23)cn1. The molecule has 0 aliphatic carbocycles. The summed E-state index contributed by atoms with van der Waals surface area (Å²) in [5.74, 6) is 1.16. The van der Waals surface area contributed by atoms with Crippen LogP contribution >= 0.6 is 0 Å². The van der Waals surface area contributed by atoms with Crippen LogP contribution in [0, 0.1) is 0 Å². The van der Waals surface area contributed by atoms with Crippen molar-refractivity contribution in [2.45, 2.75) is 4.90 Å². The summed E-state index contributed by atoms with van der Waals surface area (Å²) in [6.07, 6.45) is 4.79. The Morgan fingerprint density at radius 2 is 1.81 bits per heavy atom. The molecule has 1 fully saturated rings. The third kappa shape index (κ3) is 4.24. The van der Waals surface area contributed by atoms with Gasteiger partial charge in [-0.1, -0.05) is 18.2 Å². The van der Waals surface area contributed by atoms with Gasteiger partial charge < -0.3 is 19.7 Å². The molecular formula is C27H25N5O4S. The quantitative estimate of drug-likeness (QED) is 0.355. The molecule has 37 heavy (non-hydrogen) atoms. The number of aromatic nitrogens is 3. The highest BCUT2D eigenvalue weighted by Crippen LogP contribution is 2.33. The number of nitrogens with zero attached hydrogens (tertiary/aromatic N) is 4. The molecular weight excluding hydrogens is 490 g/mol. The van der Waals surface area contributed by atoms with Gasteiger partial charge in [-0.25, -0.2) is 17.4 Å². The van der Waals surface area contributed by atoms with E-state index in [4.69, 9.17) is 9.47 Å². The minimum Gasteiger partial charge on any atom is -0.494 e. The van der Waals surface area contributed by atoms with Crippen LogP contribution in [0.5, 0.6) is 5.75 Å². The summed E-state index contributed by atoms with van der Waals surface area (Å²) < 4.78 is 39.8. The minimum atomic E-state index is -3.91. The van der Waals surface area contributed by atoms with Crippen molar-refractivity contribution in [2.75, 3.05) is 43.6 Å². The van der Waals surface area contributed by atoms with Crippen LogP contribution < -0.4 is 15.0 Å². The number of fused-ring (bicyclic) bond motifs is 2. The van der Waals surface area contributed by atoms with Gasteiger partial charge in [0.15, 0.2) is 0 Å². The molecule has 0 bridgehead atoms. The molecule has 4 heterocycles. The molecule has 1 N–H and O–H groups in total. The maximum Gasteiger partial charge on any atom is 0.270 e. The summed E-state index contributed by atoms with van der Waals surface area (Å²) in [4.78, 5) is 11.2. The molecule has 2 aromatic carbocycles. The molecule has 3 aromatic heterocycles. The molecule has 0 spiro atoms. The Hall–Kier alpha value is -4.15. The molecule has 9 nitrogen and oxygen atoms in total. The van der Waals surface area contributed by atoms with Crippen LogP contribution in [0.4, 0.5) is 17.2 Å². The summed E-state index contributed by atoms with van der Waals surface area (Å²) in [6, 6.07) is 18.2. The molecule has 6 rings (SSSR count). The molecule has 0 saturated carbocycles. The summed E-state index contributed by atoms with van der Waals surface area (Å²) in [5.41, 5.74) is 2.72. The zero-order chi connectivity index (χ0) is 25.4. The molecule has 0 radical (unpaired) electrons. The number of morpholine rings is 1. The zero-order valence-electron chi connectivity index (χ0n) is 20.2. The van der Waals surface area contributed by atoms with Crippen LogP contribution in [0.1, 0.15) is 0 Å². The maximum atomic E-state index is 13.7. The van der Waals surface area contributed by atoms with E-state index < -0.39 is 10.0 Å². The number of hydrogen-bond donors (Lipinski definition) is 1. The third-order valence-corrected chi connectivity index (χ3v) is 8.22. The molecule has 10 heteroatoms. The highest BCUT2D eigenvalue weighted by molar-refractivity contribution is 7.90. The highest BCUT2D eigenvalue weighted by atomic mass is 32.2. The first kappa shape index (κ1) is 23.3. The summed E-state index contributed by atoms with van der Waals surface area (Å²) in [6.45, 7) is 3.05. The topological polar surface area (TPSA) is 98.6 Å². The van der Waals surface area contributed by atoms with Gasteiger partial charge in [-0.3, -0.25) is 4.98 Å². The van der Waals surface area contributed by atoms with Gasteiger partial charge in [0, 0.05) is 60.3 Å². The van der Waals surface area contributed by atoms with Gasteiger partial charge in [-0.2, -0.15) is 0 Å². The van der Waals surface area contributed by atoms with Gasteiger partial charge in [0.25, 0.3) is 10.0 Å². The number of benzene rings is 2. The summed E-state index contributed by atoms with van der Waals surface area (Å²) in [5, 5.41) is 4.75. The van der Waals surface area contributed by atoms with Crippen molar-refractivity contribution < 1.29 is 17.9 Å². The summed E-state index contributed by atoms with van der Waals surface area (Å²) >= 11 is 0. The fraction of sp³-hybridized carbons (Fsp3) is 0.185. The van der Waals surface area contributed by atoms with Crippen molar-refractivity contribution >= 4 is 49.0 Å². The van der Waals surface area contributed by atoms with Crippen LogP contribution in [-0.2, 0) is 14.8 Å². The normalized spacial score (nSPS) is 14.2. The van der Waals surface area contributed by atoms with Crippen LogP contribution in [0.3, 0.4) is 0 Å². The largest absolute Gasteiger partial charge is 0.494 e. The monoisotopic (exact) mass is 515 g/mol. The average Bonchev–Trinajstić information content (AvgIpc) is 3.37. The molecule has 0 atom stereocenters. The molecule has 1 aliphatic rings. The Morgan fingerprint density at radius 3 is 2.65 bits per heavy atom. The lowest BCUT2D eigenvalue weighted by Gasteiger charge is -2.29. The van der Waals surface area contributed by atoms with Crippen LogP contribution in [0.25, 0.3) is 21.8 Å². The average molecular weight is 516 g/mol. The highest BCUT2D eigenvalue weighted by Gasteiger charge is 2.23. The van der Waals surface area contributed by atoms with Gasteiger partial charge in [-0.05, 0) is 30.3 Å². The molecule has 188 valence electrons. The Balaban J connectivity index is 1.36. The minimum absolute atomic E-state index is 0.148. The number of pyridine rings is 2. The Labute approximate surface area is 214 Å². The van der Waals surface area contributed by atoms with E-state index in [0.29, 0.717) is 41.2 Å². The lowest BCUT2D eigenvalue weighted by atomic mass is 10.2. The number of methoxy groups -OCH3 is 1. The van der Waals surface area contributed by atoms with Gasteiger partial charge in [-0.15, -0.1) is 0 Å². The van der Waals surface area contributed by atoms with E-state index in [1.54, 1.807) is 56.0 Å². The van der Waals surface area contributed by atoms with E-state index >= 15 is 0 Å². The summed E-state index contributed by atoms with van der Waals surface area (Å²) in [7, 11) is -2.29. The van der Waals surface area contributed by atoms with Crippen molar-refractivity contribution in [1.29, 1.82) is 0 Å². The van der Waals surface area contributed by atoms with E-state index in [-0.39, 0.29) is 4.90 Å². The number of anilines is 3. The van der Waals surface area contributed by atoms with Crippen molar-refractivity contribution in [3.8, 4) is 5.75 Å². The Bertz CT molecular complexity index is 1710. The molecule has 5 aromatic rings. The first-order valence-electron chi connectivity index (χ1n) is 11.9. The van der Waals surface area contributed by atoms with Gasteiger partial charge in [0.2, 0.25) is 0 Å². The predicted molar refractivity (Wildman–Crippen MR) is 143 cm³/mol. The lowest BCUT2D eigenvalue weighted by molar-refractivity contribution is 0.122. The standard InChI is InChI=1S/C27H25N5O4S/c1-35-24-16-21(31-12-14-36-15-13-31)7-8-22(24)30-26-17-23-20(18-29-26)9-11-32(23)37(33,34)25-6-2-4-19-5-3-10-28-27(19)25/h2-11,16-18H,12-15H2,1H3,(H,29,30). The van der Waals surface area contributed by atoms with Gasteiger partial charge in [0.1, 0.15) is 16.5 Å². The van der Waals surface area contributed by atoms with Crippen molar-refractivity contribution in [2.24, 2.45) is 0 Å². The second-order valence-electron chi connectivity index (χ2n) is 8.69. The van der Waals surface area contributed by atoms with E-state index in [1.807, 2.05) is 30.3 Å². The molecule has 0 amide bonds. The van der Waals surface area contributed by atoms with Crippen molar-refractivity contribution in [1.82, 2.24) is 13.9 Å². The van der Waals surface area contributed by atoms with E-state index in [0.717, 1.165) is 29.9 Å². The van der Waals surface area contributed by atoms with Crippen LogP contribution in [-0.4, -0.2) is 55.8 Å². The first-order chi connectivity index (χ1) is 18.0. The van der Waals surface area contributed by atoms with Crippen LogP contribution in [0.15, 0.2) is 84.1 Å². The second kappa shape index (κ2) is 9.38. The van der Waals surface area contributed by atoms with E-state index in [9.17, 15) is 8.42 Å². The van der Waals surface area contributed by atoms with E-state index in [1.165, 1.54) is 3.97 Å². The second-order valence-corrected chi connectivity index (χ2v) is 10.5. The number of hydrogen-bond acceptors (Lipinski definition) is 8. The number of ether oxygens (including phenoxy) is 2. The maximum absolute atomic E-state index is 13.7. The zero-order valence-corrected chi connectivity index (χ0v) is 21.0. The number of para-hydroxylation sites is 1. The van der Waals surface area contributed by atoms with Gasteiger partial charge >= 0.3 is 0 Å². The smallest absolute Gasteiger partial charge is 0.270 e. The third-order valence-electron chi connectivity index (χ3n) is 6.50. The first-order valence-corrected chi connectivity index (χ1v) is 13.3. The number of rotatable bonds is 6. The molecule has 1 aliphatic heterocycles. The lowest BCUT2D eigenvalue weighted by Crippen LogP contribution is -2.36. The molecule has 1 saturated heterocycles. The fourth-order valence-corrected chi connectivity index (χ4v) is 6.13. The Kier molecular flexibility index (Phi) is 5.90. The van der Waals surface area contributed by atoms with Crippen molar-refractivity contribution in [3.05, 3.63) is 79.3 Å². The van der Waals surface area contributed by atoms with Crippen LogP contribution in [0.2, 0.25) is 0 Å². The van der Waals surface area contributed by atoms with Crippen molar-refractivity contribution in [3.63, 3.8) is 0 Å². The number of nitrogens with one attached hydrogen (secondary N) is 1. The fourth-order valence-electron chi connectivity index (χ4n) is 4.61. The van der Waals surface area contributed by atoms with E-state index in [2.05, 4.69) is 20.2 Å². The van der Waals surface area contributed by atoms with Gasteiger partial charge in [0.05, 0.1) is 37.0 Å². The predicted octanol–water partition coefficient (Wildman–Crippen LogP) is 4.41. The Morgan fingerprint density at radius 1 is 0.973 bits per heavy atom. The molecule has 0 unspecified atom stereocenters.